The fourth-order valence-electron chi connectivity index (χ4n) is 2.62. The van der Waals surface area contributed by atoms with Crippen LogP contribution in [0.5, 0.6) is 0 Å². The molecule has 20 heavy (non-hydrogen) atoms. The van der Waals surface area contributed by atoms with Crippen molar-refractivity contribution in [3.05, 3.63) is 12.3 Å². The summed E-state index contributed by atoms with van der Waals surface area (Å²) in [6.45, 7) is 2.99. The minimum Gasteiger partial charge on any atom is -0.328 e. The van der Waals surface area contributed by atoms with E-state index in [1.807, 2.05) is 10.7 Å². The van der Waals surface area contributed by atoms with E-state index >= 15 is 0 Å². The summed E-state index contributed by atoms with van der Waals surface area (Å²) in [6.07, 6.45) is 7.76. The number of aromatic nitrogens is 2. The summed E-state index contributed by atoms with van der Waals surface area (Å²) in [4.78, 5) is 12.2. The summed E-state index contributed by atoms with van der Waals surface area (Å²) in [6, 6.07) is 2.03. The van der Waals surface area contributed by atoms with Crippen LogP contribution in [-0.2, 0) is 11.3 Å². The Balaban J connectivity index is 0.00000200. The van der Waals surface area contributed by atoms with Crippen molar-refractivity contribution in [3.8, 4) is 0 Å². The van der Waals surface area contributed by atoms with Crippen LogP contribution in [-0.4, -0.2) is 21.7 Å². The molecule has 1 aliphatic rings. The summed E-state index contributed by atoms with van der Waals surface area (Å²) in [5.74, 6) is 0.948. The Morgan fingerprint density at radius 1 is 1.55 bits per heavy atom. The molecule has 1 amide bonds. The minimum absolute atomic E-state index is 0. The quantitative estimate of drug-likeness (QED) is 0.878. The summed E-state index contributed by atoms with van der Waals surface area (Å²) >= 11 is 0. The van der Waals surface area contributed by atoms with Crippen LogP contribution in [0.2, 0.25) is 0 Å². The average Bonchev–Trinajstić information content (AvgIpc) is 2.83. The van der Waals surface area contributed by atoms with Gasteiger partial charge in [0.15, 0.2) is 0 Å². The van der Waals surface area contributed by atoms with Crippen molar-refractivity contribution in [1.29, 1.82) is 0 Å². The Morgan fingerprint density at radius 3 is 3.05 bits per heavy atom. The Bertz CT molecular complexity index is 421. The zero-order valence-corrected chi connectivity index (χ0v) is 12.9. The number of nitrogens with zero attached hydrogens (tertiary/aromatic N) is 2. The number of hydrogen-bond acceptors (Lipinski definition) is 3. The minimum atomic E-state index is 0. The smallest absolute Gasteiger partial charge is 0.228 e. The third kappa shape index (κ3) is 4.49. The highest BCUT2D eigenvalue weighted by molar-refractivity contribution is 5.91. The van der Waals surface area contributed by atoms with Gasteiger partial charge in [-0.2, -0.15) is 5.10 Å². The maximum atomic E-state index is 12.2. The number of unbranched alkanes of at least 4 members (excludes halogenated alkanes) is 1. The third-order valence-corrected chi connectivity index (χ3v) is 3.78. The van der Waals surface area contributed by atoms with Crippen molar-refractivity contribution in [2.45, 2.75) is 58.0 Å². The summed E-state index contributed by atoms with van der Waals surface area (Å²) in [5.41, 5.74) is 5.93. The molecular formula is C14H25ClN4O. The van der Waals surface area contributed by atoms with Gasteiger partial charge in [-0.1, -0.05) is 19.8 Å². The highest BCUT2D eigenvalue weighted by Crippen LogP contribution is 2.24. The van der Waals surface area contributed by atoms with Crippen LogP contribution in [0.1, 0.15) is 45.4 Å². The van der Waals surface area contributed by atoms with Crippen LogP contribution in [0, 0.1) is 5.92 Å². The molecule has 1 saturated carbocycles. The molecule has 1 fully saturated rings. The fourth-order valence-corrected chi connectivity index (χ4v) is 2.62. The molecule has 3 N–H and O–H groups in total. The van der Waals surface area contributed by atoms with E-state index in [4.69, 9.17) is 5.73 Å². The van der Waals surface area contributed by atoms with E-state index < -0.39 is 0 Å². The molecule has 1 heterocycles. The number of amides is 1. The molecule has 114 valence electrons. The first-order valence-corrected chi connectivity index (χ1v) is 7.29. The van der Waals surface area contributed by atoms with Gasteiger partial charge in [-0.3, -0.25) is 4.79 Å². The second-order valence-electron chi connectivity index (χ2n) is 5.41. The molecule has 0 saturated heterocycles. The maximum absolute atomic E-state index is 12.2. The fraction of sp³-hybridized carbons (Fsp3) is 0.714. The number of nitrogens with two attached hydrogens (primary N) is 1. The van der Waals surface area contributed by atoms with Crippen molar-refractivity contribution in [1.82, 2.24) is 9.78 Å². The van der Waals surface area contributed by atoms with Crippen molar-refractivity contribution >= 4 is 24.1 Å². The van der Waals surface area contributed by atoms with Crippen LogP contribution in [0.15, 0.2) is 12.3 Å². The van der Waals surface area contributed by atoms with E-state index in [9.17, 15) is 4.79 Å². The van der Waals surface area contributed by atoms with E-state index in [1.54, 1.807) is 6.20 Å². The Morgan fingerprint density at radius 2 is 2.35 bits per heavy atom. The molecule has 2 atom stereocenters. The monoisotopic (exact) mass is 300 g/mol. The van der Waals surface area contributed by atoms with E-state index in [0.717, 1.165) is 50.9 Å². The number of carbonyl (C=O) groups excluding carboxylic acids is 1. The number of rotatable bonds is 5. The van der Waals surface area contributed by atoms with Gasteiger partial charge in [0.2, 0.25) is 5.91 Å². The highest BCUT2D eigenvalue weighted by Gasteiger charge is 2.25. The molecule has 0 aromatic carbocycles. The summed E-state index contributed by atoms with van der Waals surface area (Å²) in [7, 11) is 0. The van der Waals surface area contributed by atoms with Crippen LogP contribution < -0.4 is 11.1 Å². The van der Waals surface area contributed by atoms with Crippen LogP contribution in [0.3, 0.4) is 0 Å². The first-order chi connectivity index (χ1) is 9.20. The van der Waals surface area contributed by atoms with E-state index in [-0.39, 0.29) is 30.3 Å². The van der Waals surface area contributed by atoms with Crippen molar-refractivity contribution in [2.24, 2.45) is 11.7 Å². The van der Waals surface area contributed by atoms with Gasteiger partial charge in [-0.05, 0) is 25.7 Å². The van der Waals surface area contributed by atoms with Crippen molar-refractivity contribution in [2.75, 3.05) is 5.32 Å². The molecule has 2 unspecified atom stereocenters. The third-order valence-electron chi connectivity index (χ3n) is 3.78. The lowest BCUT2D eigenvalue weighted by molar-refractivity contribution is -0.120. The summed E-state index contributed by atoms with van der Waals surface area (Å²) < 4.78 is 1.87. The molecule has 0 spiro atoms. The summed E-state index contributed by atoms with van der Waals surface area (Å²) in [5, 5.41) is 7.24. The number of carbonyl (C=O) groups is 1. The van der Waals surface area contributed by atoms with Crippen LogP contribution in [0.4, 0.5) is 5.82 Å². The topological polar surface area (TPSA) is 72.9 Å². The predicted molar refractivity (Wildman–Crippen MR) is 82.9 cm³/mol. The second kappa shape index (κ2) is 8.27. The number of anilines is 1. The Hall–Kier alpha value is -1.07. The standard InChI is InChI=1S/C14H24N4O.ClH/c1-2-3-9-18-13(7-8-16-18)17-14(19)11-5-4-6-12(15)10-11;/h7-8,11-12H,2-6,9-10,15H2,1H3,(H,17,19);1H. The zero-order chi connectivity index (χ0) is 13.7. The second-order valence-corrected chi connectivity index (χ2v) is 5.41. The zero-order valence-electron chi connectivity index (χ0n) is 12.0. The average molecular weight is 301 g/mol. The molecule has 1 aliphatic carbocycles. The highest BCUT2D eigenvalue weighted by atomic mass is 35.5. The van der Waals surface area contributed by atoms with Gasteiger partial charge in [0.1, 0.15) is 5.82 Å². The number of hydrogen-bond donors (Lipinski definition) is 2. The van der Waals surface area contributed by atoms with Gasteiger partial charge in [0.05, 0.1) is 6.20 Å². The molecule has 1 aromatic rings. The molecule has 0 aliphatic heterocycles. The molecule has 0 radical (unpaired) electrons. The predicted octanol–water partition coefficient (Wildman–Crippen LogP) is 2.56. The molecule has 1 aromatic heterocycles. The maximum Gasteiger partial charge on any atom is 0.228 e. The van der Waals surface area contributed by atoms with E-state index in [0.29, 0.717) is 0 Å². The molecule has 5 nitrogen and oxygen atoms in total. The normalized spacial score (nSPS) is 22.1. The van der Waals surface area contributed by atoms with Crippen molar-refractivity contribution < 1.29 is 4.79 Å². The molecule has 0 bridgehead atoms. The first-order valence-electron chi connectivity index (χ1n) is 7.29. The van der Waals surface area contributed by atoms with E-state index in [1.165, 1.54) is 0 Å². The van der Waals surface area contributed by atoms with Gasteiger partial charge >= 0.3 is 0 Å². The van der Waals surface area contributed by atoms with Gasteiger partial charge in [0.25, 0.3) is 0 Å². The number of aryl methyl sites for hydroxylation is 1. The SMILES string of the molecule is CCCCn1nccc1NC(=O)C1CCCC(N)C1.Cl. The van der Waals surface area contributed by atoms with Gasteiger partial charge in [-0.25, -0.2) is 4.68 Å². The van der Waals surface area contributed by atoms with Gasteiger partial charge < -0.3 is 11.1 Å². The molecule has 2 rings (SSSR count). The van der Waals surface area contributed by atoms with Gasteiger partial charge in [-0.15, -0.1) is 12.4 Å². The largest absolute Gasteiger partial charge is 0.328 e. The molecule has 6 heteroatoms. The lowest BCUT2D eigenvalue weighted by Crippen LogP contribution is -2.34. The lowest BCUT2D eigenvalue weighted by Gasteiger charge is -2.25. The first kappa shape index (κ1) is 17.0. The van der Waals surface area contributed by atoms with Gasteiger partial charge in [0, 0.05) is 24.6 Å². The Labute approximate surface area is 126 Å². The van der Waals surface area contributed by atoms with Crippen LogP contribution in [0.25, 0.3) is 0 Å². The number of nitrogens with one attached hydrogen (secondary N) is 1. The number of halogens is 1. The lowest BCUT2D eigenvalue weighted by atomic mass is 9.85. The Kier molecular flexibility index (Phi) is 7.02. The van der Waals surface area contributed by atoms with E-state index in [2.05, 4.69) is 17.3 Å². The van der Waals surface area contributed by atoms with Crippen molar-refractivity contribution in [3.63, 3.8) is 0 Å². The molecular weight excluding hydrogens is 276 g/mol. The van der Waals surface area contributed by atoms with Crippen LogP contribution >= 0.6 is 12.4 Å².